The Balaban J connectivity index is 1.61. The Bertz CT molecular complexity index is 1510. The minimum Gasteiger partial charge on any atom is -0.497 e. The molecule has 0 amide bonds. The van der Waals surface area contributed by atoms with Crippen molar-refractivity contribution in [3.63, 3.8) is 0 Å². The van der Waals surface area contributed by atoms with Gasteiger partial charge in [0.15, 0.2) is 0 Å². The molecule has 0 radical (unpaired) electrons. The summed E-state index contributed by atoms with van der Waals surface area (Å²) in [4.78, 5) is 0. The van der Waals surface area contributed by atoms with E-state index in [4.69, 9.17) is 9.84 Å². The van der Waals surface area contributed by atoms with Crippen LogP contribution in [0.2, 0.25) is 0 Å². The minimum absolute atomic E-state index is 0.540. The number of allylic oxidation sites excluding steroid dienone is 1. The van der Waals surface area contributed by atoms with E-state index in [2.05, 4.69) is 42.5 Å². The molecule has 168 valence electrons. The van der Waals surface area contributed by atoms with Gasteiger partial charge in [-0.2, -0.15) is 10.4 Å². The molecule has 0 N–H and O–H groups in total. The Kier molecular flexibility index (Phi) is 6.23. The molecule has 0 atom stereocenters. The average molecular weight is 454 g/mol. The molecule has 35 heavy (non-hydrogen) atoms. The maximum atomic E-state index is 9.97. The number of para-hydroxylation sites is 1. The Hall–Kier alpha value is -4.88. The molecule has 4 aromatic carbocycles. The Morgan fingerprint density at radius 3 is 2.14 bits per heavy atom. The van der Waals surface area contributed by atoms with Crippen LogP contribution in [0.25, 0.3) is 39.7 Å². The van der Waals surface area contributed by atoms with Crippen LogP contribution in [0.15, 0.2) is 115 Å². The summed E-state index contributed by atoms with van der Waals surface area (Å²) >= 11 is 0. The van der Waals surface area contributed by atoms with Gasteiger partial charge in [-0.15, -0.1) is 0 Å². The molecule has 5 aromatic rings. The van der Waals surface area contributed by atoms with Gasteiger partial charge < -0.3 is 4.74 Å². The van der Waals surface area contributed by atoms with E-state index in [1.54, 1.807) is 7.11 Å². The van der Waals surface area contributed by atoms with Gasteiger partial charge in [-0.25, -0.2) is 4.68 Å². The molecule has 0 aliphatic carbocycles. The second-order valence-corrected chi connectivity index (χ2v) is 8.06. The summed E-state index contributed by atoms with van der Waals surface area (Å²) < 4.78 is 7.20. The highest BCUT2D eigenvalue weighted by Crippen LogP contribution is 2.30. The number of methoxy groups -OCH3 is 1. The quantitative estimate of drug-likeness (QED) is 0.254. The number of hydrogen-bond donors (Lipinski definition) is 0. The lowest BCUT2D eigenvalue weighted by Gasteiger charge is -2.05. The summed E-state index contributed by atoms with van der Waals surface area (Å²) in [5.41, 5.74) is 7.25. The third kappa shape index (κ3) is 4.75. The van der Waals surface area contributed by atoms with Crippen molar-refractivity contribution in [1.29, 1.82) is 5.26 Å². The van der Waals surface area contributed by atoms with Crippen LogP contribution in [-0.4, -0.2) is 16.9 Å². The zero-order valence-electron chi connectivity index (χ0n) is 19.3. The Labute approximate surface area is 205 Å². The van der Waals surface area contributed by atoms with Crippen molar-refractivity contribution in [2.75, 3.05) is 7.11 Å². The fourth-order valence-electron chi connectivity index (χ4n) is 4.01. The van der Waals surface area contributed by atoms with Crippen molar-refractivity contribution in [3.8, 4) is 39.9 Å². The van der Waals surface area contributed by atoms with Crippen LogP contribution in [0.3, 0.4) is 0 Å². The van der Waals surface area contributed by atoms with Crippen molar-refractivity contribution < 1.29 is 4.74 Å². The van der Waals surface area contributed by atoms with Gasteiger partial charge in [0.05, 0.1) is 30.1 Å². The smallest absolute Gasteiger partial charge is 0.119 e. The molecule has 0 aliphatic rings. The van der Waals surface area contributed by atoms with Gasteiger partial charge in [0.25, 0.3) is 0 Å². The lowest BCUT2D eigenvalue weighted by atomic mass is 9.99. The van der Waals surface area contributed by atoms with Crippen molar-refractivity contribution in [1.82, 2.24) is 9.78 Å². The van der Waals surface area contributed by atoms with E-state index in [-0.39, 0.29) is 0 Å². The lowest BCUT2D eigenvalue weighted by Crippen LogP contribution is -1.94. The maximum Gasteiger partial charge on any atom is 0.119 e. The van der Waals surface area contributed by atoms with Crippen LogP contribution in [0.5, 0.6) is 5.75 Å². The van der Waals surface area contributed by atoms with E-state index in [0.29, 0.717) is 11.3 Å². The first kappa shape index (κ1) is 21.9. The van der Waals surface area contributed by atoms with Crippen molar-refractivity contribution in [3.05, 3.63) is 127 Å². The van der Waals surface area contributed by atoms with E-state index in [9.17, 15) is 5.26 Å². The number of nitriles is 1. The van der Waals surface area contributed by atoms with E-state index >= 15 is 0 Å². The topological polar surface area (TPSA) is 50.8 Å². The number of ether oxygens (including phenoxy) is 1. The fourth-order valence-corrected chi connectivity index (χ4v) is 4.01. The second kappa shape index (κ2) is 9.94. The highest BCUT2D eigenvalue weighted by Gasteiger charge is 2.13. The van der Waals surface area contributed by atoms with Crippen molar-refractivity contribution in [2.45, 2.75) is 0 Å². The molecule has 0 aliphatic heterocycles. The number of nitrogens with zero attached hydrogens (tertiary/aromatic N) is 3. The molecule has 4 nitrogen and oxygen atoms in total. The van der Waals surface area contributed by atoms with Crippen LogP contribution in [-0.2, 0) is 0 Å². The molecule has 0 bridgehead atoms. The van der Waals surface area contributed by atoms with Gasteiger partial charge in [0.1, 0.15) is 5.75 Å². The van der Waals surface area contributed by atoms with Crippen LogP contribution in [0, 0.1) is 11.3 Å². The van der Waals surface area contributed by atoms with Gasteiger partial charge in [0, 0.05) is 17.3 Å². The molecule has 0 fully saturated rings. The first-order valence-corrected chi connectivity index (χ1v) is 11.3. The summed E-state index contributed by atoms with van der Waals surface area (Å²) in [6.45, 7) is 0. The second-order valence-electron chi connectivity index (χ2n) is 8.06. The summed E-state index contributed by atoms with van der Waals surface area (Å²) in [5.74, 6) is 0.709. The molecule has 4 heteroatoms. The van der Waals surface area contributed by atoms with Crippen molar-refractivity contribution in [2.24, 2.45) is 0 Å². The number of rotatable bonds is 6. The van der Waals surface area contributed by atoms with Gasteiger partial charge >= 0.3 is 0 Å². The maximum absolute atomic E-state index is 9.97. The van der Waals surface area contributed by atoms with Crippen molar-refractivity contribution >= 4 is 11.6 Å². The number of hydrogen-bond acceptors (Lipinski definition) is 3. The summed E-state index contributed by atoms with van der Waals surface area (Å²) in [6, 6.07) is 38.5. The van der Waals surface area contributed by atoms with Crippen LogP contribution < -0.4 is 4.74 Å². The number of aromatic nitrogens is 2. The minimum atomic E-state index is 0.540. The third-order valence-corrected chi connectivity index (χ3v) is 5.83. The molecular formula is C31H23N3O. The van der Waals surface area contributed by atoms with E-state index in [1.807, 2.05) is 89.8 Å². The summed E-state index contributed by atoms with van der Waals surface area (Å²) in [5, 5.41) is 14.9. The third-order valence-electron chi connectivity index (χ3n) is 5.83. The molecule has 0 unspecified atom stereocenters. The monoisotopic (exact) mass is 453 g/mol. The molecule has 0 saturated heterocycles. The Morgan fingerprint density at radius 1 is 0.800 bits per heavy atom. The first-order valence-electron chi connectivity index (χ1n) is 11.3. The van der Waals surface area contributed by atoms with Gasteiger partial charge in [-0.1, -0.05) is 84.9 Å². The van der Waals surface area contributed by atoms with E-state index in [1.165, 1.54) is 5.56 Å². The Morgan fingerprint density at radius 2 is 1.46 bits per heavy atom. The van der Waals surface area contributed by atoms with Crippen LogP contribution in [0.4, 0.5) is 0 Å². The largest absolute Gasteiger partial charge is 0.497 e. The number of benzene rings is 4. The SMILES string of the molecule is COc1cccc(C(C#N)=Cc2cn(-c3ccccc3)nc2-c2ccc(-c3ccccc3)cc2)c1. The lowest BCUT2D eigenvalue weighted by molar-refractivity contribution is 0.414. The first-order chi connectivity index (χ1) is 17.2. The van der Waals surface area contributed by atoms with Gasteiger partial charge in [-0.05, 0) is 47.0 Å². The molecule has 0 saturated carbocycles. The average Bonchev–Trinajstić information content (AvgIpc) is 3.36. The van der Waals surface area contributed by atoms with Crippen LogP contribution in [0.1, 0.15) is 11.1 Å². The summed E-state index contributed by atoms with van der Waals surface area (Å²) in [6.07, 6.45) is 3.86. The van der Waals surface area contributed by atoms with Crippen LogP contribution >= 0.6 is 0 Å². The fraction of sp³-hybridized carbons (Fsp3) is 0.0323. The highest BCUT2D eigenvalue weighted by atomic mass is 16.5. The summed E-state index contributed by atoms with van der Waals surface area (Å²) in [7, 11) is 1.62. The molecular weight excluding hydrogens is 430 g/mol. The normalized spacial score (nSPS) is 11.1. The predicted molar refractivity (Wildman–Crippen MR) is 141 cm³/mol. The molecule has 1 aromatic heterocycles. The molecule has 0 spiro atoms. The molecule has 5 rings (SSSR count). The molecule has 1 heterocycles. The van der Waals surface area contributed by atoms with E-state index in [0.717, 1.165) is 33.6 Å². The zero-order chi connectivity index (χ0) is 24.0. The highest BCUT2D eigenvalue weighted by molar-refractivity contribution is 5.92. The van der Waals surface area contributed by atoms with E-state index < -0.39 is 0 Å². The standard InChI is InChI=1S/C31H23N3O/c1-35-30-14-8-11-26(20-30)27(21-32)19-28-22-34(29-12-6-3-7-13-29)33-31(28)25-17-15-24(16-18-25)23-9-4-2-5-10-23/h2-20,22H,1H3. The zero-order valence-corrected chi connectivity index (χ0v) is 19.3. The predicted octanol–water partition coefficient (Wildman–Crippen LogP) is 7.28. The van der Waals surface area contributed by atoms with Gasteiger partial charge in [0.2, 0.25) is 0 Å². The van der Waals surface area contributed by atoms with Gasteiger partial charge in [-0.3, -0.25) is 0 Å².